The molecule has 1 aromatic heterocycles. The molecule has 0 aliphatic heterocycles. The van der Waals surface area contributed by atoms with E-state index in [9.17, 15) is 9.59 Å². The summed E-state index contributed by atoms with van der Waals surface area (Å²) in [4.78, 5) is 24.1. The van der Waals surface area contributed by atoms with E-state index in [1.54, 1.807) is 19.2 Å². The van der Waals surface area contributed by atoms with Crippen molar-refractivity contribution in [2.24, 2.45) is 0 Å². The SMILES string of the molecule is CCC/C=C(\Cc1c(C)c2c(OCCOC)ccc(C=O)c2oc1=O)OCC. The molecule has 6 heteroatoms. The molecule has 0 bridgehead atoms. The van der Waals surface area contributed by atoms with Gasteiger partial charge in [0.05, 0.1) is 29.9 Å². The third kappa shape index (κ3) is 5.01. The van der Waals surface area contributed by atoms with Gasteiger partial charge in [-0.25, -0.2) is 4.79 Å². The summed E-state index contributed by atoms with van der Waals surface area (Å²) in [5.74, 6) is 1.29. The number of benzene rings is 1. The second-order valence-electron chi connectivity index (χ2n) is 6.38. The number of hydrogen-bond acceptors (Lipinski definition) is 6. The van der Waals surface area contributed by atoms with Crippen LogP contribution in [0, 0.1) is 6.92 Å². The topological polar surface area (TPSA) is 75.0 Å². The maximum atomic E-state index is 12.7. The summed E-state index contributed by atoms with van der Waals surface area (Å²) in [6.07, 6.45) is 4.87. The van der Waals surface area contributed by atoms with E-state index in [4.69, 9.17) is 18.6 Å². The molecule has 0 saturated heterocycles. The first-order valence-electron chi connectivity index (χ1n) is 9.55. The fraction of sp³-hybridized carbons (Fsp3) is 0.455. The van der Waals surface area contributed by atoms with Crippen molar-refractivity contribution in [2.45, 2.75) is 40.0 Å². The Labute approximate surface area is 165 Å². The first-order chi connectivity index (χ1) is 13.6. The first kappa shape index (κ1) is 21.7. The van der Waals surface area contributed by atoms with Gasteiger partial charge in [0, 0.05) is 19.1 Å². The predicted octanol–water partition coefficient (Wildman–Crippen LogP) is 4.20. The summed E-state index contributed by atoms with van der Waals surface area (Å²) >= 11 is 0. The maximum absolute atomic E-state index is 12.7. The molecule has 0 aliphatic carbocycles. The van der Waals surface area contributed by atoms with E-state index in [0.29, 0.717) is 54.8 Å². The molecule has 0 N–H and O–H groups in total. The van der Waals surface area contributed by atoms with Crippen molar-refractivity contribution >= 4 is 17.3 Å². The molecule has 6 nitrogen and oxygen atoms in total. The van der Waals surface area contributed by atoms with E-state index in [1.165, 1.54) is 0 Å². The highest BCUT2D eigenvalue weighted by atomic mass is 16.5. The standard InChI is InChI=1S/C22H28O6/c1-5-7-8-17(26-6-2)13-18-15(3)20-19(27-12-11-25-4)10-9-16(14-23)21(20)28-22(18)24/h8-10,14H,5-7,11-13H2,1-4H3/b17-8+. The predicted molar refractivity (Wildman–Crippen MR) is 108 cm³/mol. The highest BCUT2D eigenvalue weighted by molar-refractivity contribution is 5.99. The lowest BCUT2D eigenvalue weighted by atomic mass is 10.00. The quantitative estimate of drug-likeness (QED) is 0.249. The molecular formula is C22H28O6. The Balaban J connectivity index is 2.59. The van der Waals surface area contributed by atoms with Gasteiger partial charge in [0.1, 0.15) is 12.4 Å². The summed E-state index contributed by atoms with van der Waals surface area (Å²) in [7, 11) is 1.59. The normalized spacial score (nSPS) is 11.6. The van der Waals surface area contributed by atoms with Crippen LogP contribution >= 0.6 is 0 Å². The van der Waals surface area contributed by atoms with Crippen molar-refractivity contribution in [3.63, 3.8) is 0 Å². The van der Waals surface area contributed by atoms with Crippen LogP contribution in [0.15, 0.2) is 33.2 Å². The molecule has 0 saturated carbocycles. The fourth-order valence-electron chi connectivity index (χ4n) is 3.00. The van der Waals surface area contributed by atoms with Crippen LogP contribution in [0.1, 0.15) is 48.2 Å². The van der Waals surface area contributed by atoms with Crippen LogP contribution in [0.25, 0.3) is 11.0 Å². The van der Waals surface area contributed by atoms with Gasteiger partial charge in [-0.1, -0.05) is 13.3 Å². The van der Waals surface area contributed by atoms with Crippen LogP contribution in [-0.4, -0.2) is 33.2 Å². The lowest BCUT2D eigenvalue weighted by Gasteiger charge is -2.15. The van der Waals surface area contributed by atoms with E-state index in [0.717, 1.165) is 24.2 Å². The minimum Gasteiger partial charge on any atom is -0.498 e. The molecule has 28 heavy (non-hydrogen) atoms. The van der Waals surface area contributed by atoms with Gasteiger partial charge in [0.15, 0.2) is 11.9 Å². The van der Waals surface area contributed by atoms with Crippen molar-refractivity contribution in [1.82, 2.24) is 0 Å². The van der Waals surface area contributed by atoms with E-state index in [2.05, 4.69) is 6.92 Å². The number of allylic oxidation sites excluding steroid dienone is 2. The number of ether oxygens (including phenoxy) is 3. The summed E-state index contributed by atoms with van der Waals surface area (Å²) in [6.45, 7) is 7.13. The summed E-state index contributed by atoms with van der Waals surface area (Å²) in [5.41, 5.74) is 1.32. The second kappa shape index (κ2) is 10.7. The molecule has 1 aromatic carbocycles. The molecule has 2 aromatic rings. The fourth-order valence-corrected chi connectivity index (χ4v) is 3.00. The number of unbranched alkanes of at least 4 members (excludes halogenated alkanes) is 1. The molecule has 0 fully saturated rings. The van der Waals surface area contributed by atoms with Crippen molar-refractivity contribution in [1.29, 1.82) is 0 Å². The number of rotatable bonds is 11. The smallest absolute Gasteiger partial charge is 0.340 e. The molecule has 0 amide bonds. The van der Waals surface area contributed by atoms with E-state index in [1.807, 2.05) is 19.9 Å². The Morgan fingerprint density at radius 3 is 2.64 bits per heavy atom. The van der Waals surface area contributed by atoms with E-state index >= 15 is 0 Å². The summed E-state index contributed by atoms with van der Waals surface area (Å²) < 4.78 is 22.1. The van der Waals surface area contributed by atoms with E-state index < -0.39 is 5.63 Å². The van der Waals surface area contributed by atoms with Gasteiger partial charge < -0.3 is 18.6 Å². The van der Waals surface area contributed by atoms with Crippen molar-refractivity contribution < 1.29 is 23.4 Å². The Morgan fingerprint density at radius 2 is 2.00 bits per heavy atom. The molecule has 152 valence electrons. The van der Waals surface area contributed by atoms with Crippen molar-refractivity contribution in [3.05, 3.63) is 51.1 Å². The Kier molecular flexibility index (Phi) is 8.26. The summed E-state index contributed by atoms with van der Waals surface area (Å²) in [6, 6.07) is 3.31. The first-order valence-corrected chi connectivity index (χ1v) is 9.55. The number of fused-ring (bicyclic) bond motifs is 1. The monoisotopic (exact) mass is 388 g/mol. The number of hydrogen-bond donors (Lipinski definition) is 0. The second-order valence-corrected chi connectivity index (χ2v) is 6.38. The zero-order chi connectivity index (χ0) is 20.5. The lowest BCUT2D eigenvalue weighted by molar-refractivity contribution is 0.112. The molecular weight excluding hydrogens is 360 g/mol. The number of aldehydes is 1. The van der Waals surface area contributed by atoms with Crippen molar-refractivity contribution in [2.75, 3.05) is 26.9 Å². The zero-order valence-corrected chi connectivity index (χ0v) is 17.0. The average Bonchev–Trinajstić information content (AvgIpc) is 2.69. The van der Waals surface area contributed by atoms with Crippen LogP contribution in [-0.2, 0) is 15.9 Å². The maximum Gasteiger partial charge on any atom is 0.340 e. The molecule has 0 aliphatic rings. The van der Waals surface area contributed by atoms with Gasteiger partial charge in [-0.2, -0.15) is 0 Å². The third-order valence-corrected chi connectivity index (χ3v) is 4.43. The van der Waals surface area contributed by atoms with Gasteiger partial charge in [0.25, 0.3) is 0 Å². The van der Waals surface area contributed by atoms with Gasteiger partial charge in [-0.15, -0.1) is 0 Å². The zero-order valence-electron chi connectivity index (χ0n) is 17.0. The Hall–Kier alpha value is -2.60. The minimum atomic E-state index is -0.468. The van der Waals surface area contributed by atoms with E-state index in [-0.39, 0.29) is 5.58 Å². The average molecular weight is 388 g/mol. The number of aryl methyl sites for hydroxylation is 1. The minimum absolute atomic E-state index is 0.242. The molecule has 1 heterocycles. The Bertz CT molecular complexity index is 894. The third-order valence-electron chi connectivity index (χ3n) is 4.43. The van der Waals surface area contributed by atoms with Gasteiger partial charge in [-0.3, -0.25) is 4.79 Å². The van der Waals surface area contributed by atoms with Crippen LogP contribution < -0.4 is 10.4 Å². The lowest BCUT2D eigenvalue weighted by Crippen LogP contribution is -2.14. The largest absolute Gasteiger partial charge is 0.498 e. The van der Waals surface area contributed by atoms with Crippen LogP contribution in [0.2, 0.25) is 0 Å². The molecule has 0 spiro atoms. The van der Waals surface area contributed by atoms with Crippen LogP contribution in [0.3, 0.4) is 0 Å². The molecule has 0 atom stereocenters. The number of carbonyl (C=O) groups is 1. The molecule has 2 rings (SSSR count). The molecule has 0 radical (unpaired) electrons. The summed E-state index contributed by atoms with van der Waals surface area (Å²) in [5, 5.41) is 0.627. The van der Waals surface area contributed by atoms with Crippen LogP contribution in [0.5, 0.6) is 5.75 Å². The van der Waals surface area contributed by atoms with Gasteiger partial charge >= 0.3 is 5.63 Å². The number of methoxy groups -OCH3 is 1. The van der Waals surface area contributed by atoms with Crippen molar-refractivity contribution in [3.8, 4) is 5.75 Å². The molecule has 0 unspecified atom stereocenters. The highest BCUT2D eigenvalue weighted by Gasteiger charge is 2.19. The van der Waals surface area contributed by atoms with Crippen LogP contribution in [0.4, 0.5) is 0 Å². The number of carbonyl (C=O) groups excluding carboxylic acids is 1. The Morgan fingerprint density at radius 1 is 1.21 bits per heavy atom. The van der Waals surface area contributed by atoms with Gasteiger partial charge in [0.2, 0.25) is 0 Å². The highest BCUT2D eigenvalue weighted by Crippen LogP contribution is 2.32. The van der Waals surface area contributed by atoms with Gasteiger partial charge in [-0.05, 0) is 44.0 Å².